The topological polar surface area (TPSA) is 79.0 Å². The number of halogens is 9. The zero-order valence-electron chi connectivity index (χ0n) is 22.1. The van der Waals surface area contributed by atoms with Gasteiger partial charge in [-0.2, -0.15) is 39.5 Å². The molecule has 1 aliphatic carbocycles. The van der Waals surface area contributed by atoms with Crippen molar-refractivity contribution in [1.82, 2.24) is 14.5 Å². The van der Waals surface area contributed by atoms with E-state index in [1.165, 1.54) is 11.0 Å². The summed E-state index contributed by atoms with van der Waals surface area (Å²) < 4.78 is 147. The van der Waals surface area contributed by atoms with Gasteiger partial charge in [0.1, 0.15) is 0 Å². The summed E-state index contributed by atoms with van der Waals surface area (Å²) in [6.45, 7) is 0.429. The second-order valence-electron chi connectivity index (χ2n) is 10.4. The number of alkyl halides is 9. The number of ether oxygens (including phenoxy) is 1. The molecule has 2 fully saturated rings. The first-order valence-electron chi connectivity index (χ1n) is 12.6. The van der Waals surface area contributed by atoms with Crippen molar-refractivity contribution in [3.8, 4) is 0 Å². The van der Waals surface area contributed by atoms with Gasteiger partial charge in [-0.15, -0.1) is 0 Å². The fraction of sp³-hybridized carbons (Fsp3) is 0.708. The van der Waals surface area contributed by atoms with E-state index in [1.807, 2.05) is 0 Å². The maximum absolute atomic E-state index is 13.9. The minimum Gasteiger partial charge on any atom is -0.426 e. The molecule has 0 bridgehead atoms. The van der Waals surface area contributed by atoms with Gasteiger partial charge in [0, 0.05) is 38.8 Å². The largest absolute Gasteiger partial charge is 0.434 e. The average molecular weight is 628 g/mol. The predicted molar refractivity (Wildman–Crippen MR) is 128 cm³/mol. The number of nitrogens with one attached hydrogen (secondary N) is 1. The quantitative estimate of drug-likeness (QED) is 0.432. The van der Waals surface area contributed by atoms with Crippen LogP contribution in [0, 0.1) is 6.92 Å². The highest BCUT2D eigenvalue weighted by Crippen LogP contribution is 2.41. The van der Waals surface area contributed by atoms with Crippen LogP contribution in [0.15, 0.2) is 12.1 Å². The lowest BCUT2D eigenvalue weighted by atomic mass is 9.79. The van der Waals surface area contributed by atoms with E-state index in [0.29, 0.717) is 41.7 Å². The summed E-state index contributed by atoms with van der Waals surface area (Å²) in [5, 5.41) is 0. The van der Waals surface area contributed by atoms with Crippen LogP contribution in [-0.2, 0) is 27.5 Å². The van der Waals surface area contributed by atoms with Crippen molar-refractivity contribution in [2.75, 3.05) is 32.4 Å². The minimum absolute atomic E-state index is 0.0170. The molecule has 1 heterocycles. The van der Waals surface area contributed by atoms with E-state index < -0.39 is 46.3 Å². The van der Waals surface area contributed by atoms with E-state index in [4.69, 9.17) is 0 Å². The molecule has 1 saturated heterocycles. The predicted octanol–water partition coefficient (Wildman–Crippen LogP) is 5.34. The summed E-state index contributed by atoms with van der Waals surface area (Å²) >= 11 is 0. The molecule has 1 amide bonds. The minimum atomic E-state index is -5.87. The van der Waals surface area contributed by atoms with Gasteiger partial charge in [-0.25, -0.2) is 17.9 Å². The van der Waals surface area contributed by atoms with Crippen LogP contribution >= 0.6 is 0 Å². The van der Waals surface area contributed by atoms with Crippen molar-refractivity contribution in [3.63, 3.8) is 0 Å². The Bertz CT molecular complexity index is 1170. The Morgan fingerprint density at radius 3 is 1.95 bits per heavy atom. The summed E-state index contributed by atoms with van der Waals surface area (Å²) in [5.74, 6) is -0.101. The van der Waals surface area contributed by atoms with E-state index in [-0.39, 0.29) is 50.2 Å². The van der Waals surface area contributed by atoms with E-state index in [9.17, 15) is 52.7 Å². The third kappa shape index (κ3) is 8.86. The molecule has 0 spiro atoms. The Kier molecular flexibility index (Phi) is 9.85. The van der Waals surface area contributed by atoms with Crippen molar-refractivity contribution in [2.24, 2.45) is 0 Å². The highest BCUT2D eigenvalue weighted by Gasteiger charge is 2.60. The smallest absolute Gasteiger partial charge is 0.426 e. The number of carbonyl (C=O) groups excluding carboxylic acids is 1. The molecule has 0 unspecified atom stereocenters. The van der Waals surface area contributed by atoms with Gasteiger partial charge in [-0.3, -0.25) is 4.90 Å². The number of hydrogen-bond acceptors (Lipinski definition) is 5. The van der Waals surface area contributed by atoms with Crippen LogP contribution in [0.3, 0.4) is 0 Å². The van der Waals surface area contributed by atoms with Crippen LogP contribution < -0.4 is 4.72 Å². The second kappa shape index (κ2) is 12.1. The third-order valence-corrected chi connectivity index (χ3v) is 8.08. The highest BCUT2D eigenvalue weighted by atomic mass is 32.2. The van der Waals surface area contributed by atoms with E-state index in [0.717, 1.165) is 12.3 Å². The van der Waals surface area contributed by atoms with Crippen LogP contribution in [0.25, 0.3) is 0 Å². The maximum atomic E-state index is 13.9. The normalized spacial score (nSPS) is 21.8. The molecule has 1 aromatic rings. The fourth-order valence-electron chi connectivity index (χ4n) is 5.32. The molecule has 0 aromatic heterocycles. The Labute approximate surface area is 231 Å². The molecular weight excluding hydrogens is 597 g/mol. The number of piperazine rings is 1. The number of nitrogens with zero attached hydrogens (tertiary/aromatic N) is 2. The van der Waals surface area contributed by atoms with Crippen molar-refractivity contribution >= 4 is 16.1 Å². The molecule has 41 heavy (non-hydrogen) atoms. The summed E-state index contributed by atoms with van der Waals surface area (Å²) in [5.41, 5.74) is 0.209. The molecule has 1 N–H and O–H groups in total. The van der Waals surface area contributed by atoms with Gasteiger partial charge >= 0.3 is 24.6 Å². The monoisotopic (exact) mass is 627 g/mol. The van der Waals surface area contributed by atoms with E-state index in [1.54, 1.807) is 6.92 Å². The fourth-order valence-corrected chi connectivity index (χ4v) is 6.16. The number of amides is 1. The summed E-state index contributed by atoms with van der Waals surface area (Å²) in [4.78, 5) is 14.2. The van der Waals surface area contributed by atoms with Crippen LogP contribution in [-0.4, -0.2) is 81.2 Å². The van der Waals surface area contributed by atoms with Gasteiger partial charge in [-0.05, 0) is 61.3 Å². The number of benzene rings is 1. The van der Waals surface area contributed by atoms with Crippen LogP contribution in [0.2, 0.25) is 0 Å². The van der Waals surface area contributed by atoms with Crippen LogP contribution in [0.1, 0.15) is 53.9 Å². The molecule has 0 radical (unpaired) electrons. The van der Waals surface area contributed by atoms with E-state index >= 15 is 0 Å². The lowest BCUT2D eigenvalue weighted by molar-refractivity contribution is -0.308. The number of carbonyl (C=O) groups is 1. The number of hydrogen-bond donors (Lipinski definition) is 1. The Morgan fingerprint density at radius 1 is 0.951 bits per heavy atom. The van der Waals surface area contributed by atoms with Gasteiger partial charge in [0.2, 0.25) is 10.0 Å². The summed E-state index contributed by atoms with van der Waals surface area (Å²) in [6, 6.07) is 2.14. The van der Waals surface area contributed by atoms with Gasteiger partial charge < -0.3 is 9.64 Å². The van der Waals surface area contributed by atoms with Crippen molar-refractivity contribution in [3.05, 3.63) is 34.4 Å². The van der Waals surface area contributed by atoms with Gasteiger partial charge in [0.05, 0.1) is 11.8 Å². The highest BCUT2D eigenvalue weighted by molar-refractivity contribution is 7.88. The average Bonchev–Trinajstić information content (AvgIpc) is 2.81. The number of sulfonamides is 1. The second-order valence-corrected chi connectivity index (χ2v) is 12.1. The molecule has 0 atom stereocenters. The Hall–Kier alpha value is -2.27. The first-order chi connectivity index (χ1) is 18.7. The molecule has 234 valence electrons. The summed E-state index contributed by atoms with van der Waals surface area (Å²) in [7, 11) is -3.40. The molecule has 1 saturated carbocycles. The third-order valence-electron chi connectivity index (χ3n) is 7.32. The first-order valence-corrected chi connectivity index (χ1v) is 14.5. The maximum Gasteiger partial charge on any atom is 0.434 e. The molecule has 7 nitrogen and oxygen atoms in total. The van der Waals surface area contributed by atoms with Crippen molar-refractivity contribution in [1.29, 1.82) is 0 Å². The zero-order valence-corrected chi connectivity index (χ0v) is 22.9. The van der Waals surface area contributed by atoms with Gasteiger partial charge in [0.15, 0.2) is 0 Å². The SMILES string of the molecule is Cc1c(C2CCC(NS(C)(=O)=O)CC2)ccc(C(F)(F)F)c1CN1CCN(C(=O)OC(C(F)(F)F)C(F)(F)F)CC1. The Morgan fingerprint density at radius 2 is 1.49 bits per heavy atom. The van der Waals surface area contributed by atoms with Gasteiger partial charge in [-0.1, -0.05) is 6.07 Å². The lowest BCUT2D eigenvalue weighted by Crippen LogP contribution is -2.52. The molecular formula is C24H30F9N3O4S. The molecule has 17 heteroatoms. The van der Waals surface area contributed by atoms with Crippen LogP contribution in [0.4, 0.5) is 44.3 Å². The standard InChI is InChI=1S/C24H30F9N3O4S/c1-14-17(15-3-5-16(6-4-15)34-41(2,38)39)7-8-19(22(25,26)27)18(14)13-35-9-11-36(12-10-35)21(37)40-20(23(28,29)30)24(31,32)33/h7-8,15-16,20,34H,3-6,9-13H2,1-2H3. The van der Waals surface area contributed by atoms with Gasteiger partial charge in [0.25, 0.3) is 6.10 Å². The lowest BCUT2D eigenvalue weighted by Gasteiger charge is -2.36. The molecule has 1 aliphatic heterocycles. The molecule has 2 aliphatic rings. The van der Waals surface area contributed by atoms with Crippen molar-refractivity contribution in [2.45, 2.75) is 75.7 Å². The van der Waals surface area contributed by atoms with E-state index in [2.05, 4.69) is 9.46 Å². The Balaban J connectivity index is 1.71. The molecule has 1 aromatic carbocycles. The molecule has 3 rings (SSSR count). The first kappa shape index (κ1) is 33.2. The zero-order chi connectivity index (χ0) is 31.0. The van der Waals surface area contributed by atoms with Crippen molar-refractivity contribution < 1.29 is 57.5 Å². The summed E-state index contributed by atoms with van der Waals surface area (Å²) in [6.07, 6.45) is -19.4. The number of rotatable bonds is 6. The van der Waals surface area contributed by atoms with Crippen LogP contribution in [0.5, 0.6) is 0 Å².